The molecule has 4 rings (SSSR count). The van der Waals surface area contributed by atoms with E-state index in [1.54, 1.807) is 7.11 Å². The van der Waals surface area contributed by atoms with Gasteiger partial charge < -0.3 is 14.5 Å². The number of hydrogen-bond acceptors (Lipinski definition) is 3. The molecule has 0 spiro atoms. The summed E-state index contributed by atoms with van der Waals surface area (Å²) in [6.45, 7) is 3.96. The van der Waals surface area contributed by atoms with Gasteiger partial charge in [0.05, 0.1) is 30.3 Å². The quantitative estimate of drug-likeness (QED) is 0.464. The van der Waals surface area contributed by atoms with Gasteiger partial charge in [0.2, 0.25) is 5.91 Å². The number of aryl methyl sites for hydroxylation is 1. The topological polar surface area (TPSA) is 32.8 Å². The zero-order valence-electron chi connectivity index (χ0n) is 18.2. The summed E-state index contributed by atoms with van der Waals surface area (Å²) in [7, 11) is 1.64. The molecule has 166 valence electrons. The monoisotopic (exact) mass is 468 g/mol. The molecule has 0 aromatic heterocycles. The van der Waals surface area contributed by atoms with Crippen molar-refractivity contribution in [1.29, 1.82) is 0 Å². The van der Waals surface area contributed by atoms with Gasteiger partial charge in [0.15, 0.2) is 0 Å². The number of carbonyl (C=O) groups is 1. The fourth-order valence-electron chi connectivity index (χ4n) is 4.14. The first-order valence-corrected chi connectivity index (χ1v) is 11.4. The van der Waals surface area contributed by atoms with Crippen molar-refractivity contribution in [1.82, 2.24) is 4.90 Å². The Bertz CT molecular complexity index is 1080. The van der Waals surface area contributed by atoms with Crippen LogP contribution in [0.15, 0.2) is 66.7 Å². The summed E-state index contributed by atoms with van der Waals surface area (Å²) in [5.74, 6) is 0.899. The molecule has 32 heavy (non-hydrogen) atoms. The van der Waals surface area contributed by atoms with Crippen molar-refractivity contribution in [2.45, 2.75) is 19.4 Å². The predicted molar refractivity (Wildman–Crippen MR) is 131 cm³/mol. The first-order chi connectivity index (χ1) is 15.4. The molecule has 4 nitrogen and oxygen atoms in total. The molecule has 6 heteroatoms. The van der Waals surface area contributed by atoms with Crippen LogP contribution in [0.3, 0.4) is 0 Å². The minimum atomic E-state index is -0.0129. The second kappa shape index (κ2) is 9.85. The van der Waals surface area contributed by atoms with E-state index in [2.05, 4.69) is 17.0 Å². The first-order valence-electron chi connectivity index (χ1n) is 10.6. The molecule has 3 aromatic rings. The van der Waals surface area contributed by atoms with Crippen molar-refractivity contribution >= 4 is 34.8 Å². The van der Waals surface area contributed by atoms with Gasteiger partial charge in [-0.15, -0.1) is 0 Å². The number of carbonyl (C=O) groups excluding carboxylic acids is 1. The summed E-state index contributed by atoms with van der Waals surface area (Å²) in [6.07, 6.45) is 0.364. The molecule has 1 aliphatic rings. The van der Waals surface area contributed by atoms with Crippen LogP contribution in [0.2, 0.25) is 10.0 Å². The molecular formula is C26H26Cl2N2O2. The van der Waals surface area contributed by atoms with Crippen LogP contribution in [0, 0.1) is 6.92 Å². The summed E-state index contributed by atoms with van der Waals surface area (Å²) in [4.78, 5) is 17.4. The third kappa shape index (κ3) is 5.03. The van der Waals surface area contributed by atoms with E-state index >= 15 is 0 Å². The molecule has 0 bridgehead atoms. The molecule has 1 heterocycles. The third-order valence-corrected chi connectivity index (χ3v) is 6.47. The van der Waals surface area contributed by atoms with Gasteiger partial charge in [-0.3, -0.25) is 4.79 Å². The molecule has 1 saturated heterocycles. The molecule has 0 radical (unpaired) electrons. The second-order valence-electron chi connectivity index (χ2n) is 8.08. The molecule has 1 amide bonds. The van der Waals surface area contributed by atoms with E-state index < -0.39 is 0 Å². The van der Waals surface area contributed by atoms with Gasteiger partial charge >= 0.3 is 0 Å². The Morgan fingerprint density at radius 2 is 1.72 bits per heavy atom. The van der Waals surface area contributed by atoms with E-state index in [4.69, 9.17) is 27.9 Å². The highest BCUT2D eigenvalue weighted by atomic mass is 35.5. The number of amides is 1. The summed E-state index contributed by atoms with van der Waals surface area (Å²) < 4.78 is 5.21. The molecule has 3 aromatic carbocycles. The van der Waals surface area contributed by atoms with Gasteiger partial charge in [-0.2, -0.15) is 0 Å². The average Bonchev–Trinajstić information content (AvgIpc) is 2.80. The van der Waals surface area contributed by atoms with Crippen molar-refractivity contribution in [3.05, 3.63) is 93.5 Å². The fraction of sp³-hybridized carbons (Fsp3) is 0.269. The zero-order chi connectivity index (χ0) is 22.7. The highest BCUT2D eigenvalue weighted by Gasteiger charge is 2.31. The van der Waals surface area contributed by atoms with Crippen molar-refractivity contribution in [2.24, 2.45) is 0 Å². The molecular weight excluding hydrogens is 443 g/mol. The molecule has 1 aliphatic heterocycles. The number of rotatable bonds is 5. The fourth-order valence-corrected chi connectivity index (χ4v) is 4.61. The lowest BCUT2D eigenvalue weighted by molar-refractivity contribution is -0.131. The second-order valence-corrected chi connectivity index (χ2v) is 8.92. The minimum Gasteiger partial charge on any atom is -0.497 e. The molecule has 1 unspecified atom stereocenters. The van der Waals surface area contributed by atoms with Crippen LogP contribution in [0.5, 0.6) is 5.75 Å². The third-order valence-electron chi connectivity index (χ3n) is 5.91. The van der Waals surface area contributed by atoms with Crippen LogP contribution in [0.1, 0.15) is 22.7 Å². The number of hydrogen-bond donors (Lipinski definition) is 0. The summed E-state index contributed by atoms with van der Waals surface area (Å²) in [5, 5.41) is 1.42. The van der Waals surface area contributed by atoms with E-state index in [1.807, 2.05) is 66.4 Å². The maximum atomic E-state index is 13.1. The average molecular weight is 469 g/mol. The van der Waals surface area contributed by atoms with Crippen molar-refractivity contribution < 1.29 is 9.53 Å². The van der Waals surface area contributed by atoms with Crippen molar-refractivity contribution in [3.63, 3.8) is 0 Å². The van der Waals surface area contributed by atoms with Crippen molar-refractivity contribution in [2.75, 3.05) is 31.6 Å². The van der Waals surface area contributed by atoms with Crippen LogP contribution >= 0.6 is 23.2 Å². The lowest BCUT2D eigenvalue weighted by Gasteiger charge is -2.43. The number of anilines is 1. The number of halogens is 2. The Kier molecular flexibility index (Phi) is 6.92. The smallest absolute Gasteiger partial charge is 0.227 e. The Morgan fingerprint density at radius 1 is 1.00 bits per heavy atom. The van der Waals surface area contributed by atoms with E-state index in [-0.39, 0.29) is 11.9 Å². The highest BCUT2D eigenvalue weighted by Crippen LogP contribution is 2.36. The number of methoxy groups -OCH3 is 1. The van der Waals surface area contributed by atoms with Gasteiger partial charge in [0.25, 0.3) is 0 Å². The lowest BCUT2D eigenvalue weighted by Crippen LogP contribution is -2.51. The summed E-state index contributed by atoms with van der Waals surface area (Å²) >= 11 is 12.7. The number of benzene rings is 3. The van der Waals surface area contributed by atoms with E-state index in [9.17, 15) is 4.79 Å². The standard InChI is InChI=1S/C26H26Cl2N2O2/c1-18-3-12-24(23(28)15-18)30-14-13-29(17-25(30)20-6-8-21(27)9-7-20)26(31)16-19-4-10-22(32-2)11-5-19/h3-12,15,25H,13-14,16-17H2,1-2H3. The Morgan fingerprint density at radius 3 is 2.38 bits per heavy atom. The van der Waals surface area contributed by atoms with Gasteiger partial charge in [0.1, 0.15) is 5.75 Å². The normalized spacial score (nSPS) is 16.2. The van der Waals surface area contributed by atoms with Crippen LogP contribution < -0.4 is 9.64 Å². The Labute approximate surface area is 199 Å². The van der Waals surface area contributed by atoms with Crippen molar-refractivity contribution in [3.8, 4) is 5.75 Å². The van der Waals surface area contributed by atoms with E-state index in [0.717, 1.165) is 33.1 Å². The number of ether oxygens (including phenoxy) is 1. The van der Waals surface area contributed by atoms with Gasteiger partial charge in [-0.25, -0.2) is 0 Å². The van der Waals surface area contributed by atoms with Crippen LogP contribution in [-0.2, 0) is 11.2 Å². The Balaban J connectivity index is 1.57. The summed E-state index contributed by atoms with van der Waals surface area (Å²) in [6, 6.07) is 21.6. The molecule has 1 atom stereocenters. The van der Waals surface area contributed by atoms with Crippen LogP contribution in [0.25, 0.3) is 0 Å². The van der Waals surface area contributed by atoms with Gasteiger partial charge in [0, 0.05) is 24.7 Å². The van der Waals surface area contributed by atoms with Crippen LogP contribution in [-0.4, -0.2) is 37.6 Å². The first kappa shape index (κ1) is 22.5. The zero-order valence-corrected chi connectivity index (χ0v) is 19.7. The highest BCUT2D eigenvalue weighted by molar-refractivity contribution is 6.33. The summed E-state index contributed by atoms with van der Waals surface area (Å²) in [5.41, 5.74) is 4.19. The predicted octanol–water partition coefficient (Wildman–Crippen LogP) is 5.94. The number of piperazine rings is 1. The maximum Gasteiger partial charge on any atom is 0.227 e. The van der Waals surface area contributed by atoms with E-state index in [0.29, 0.717) is 31.1 Å². The lowest BCUT2D eigenvalue weighted by atomic mass is 10.00. The van der Waals surface area contributed by atoms with E-state index in [1.165, 1.54) is 0 Å². The van der Waals surface area contributed by atoms with Gasteiger partial charge in [-0.1, -0.05) is 53.5 Å². The molecule has 1 fully saturated rings. The molecule has 0 saturated carbocycles. The SMILES string of the molecule is COc1ccc(CC(=O)N2CCN(c3ccc(C)cc3Cl)C(c3ccc(Cl)cc3)C2)cc1. The number of nitrogens with zero attached hydrogens (tertiary/aromatic N) is 2. The maximum absolute atomic E-state index is 13.1. The Hall–Kier alpha value is -2.69. The van der Waals surface area contributed by atoms with Crippen LogP contribution in [0.4, 0.5) is 5.69 Å². The largest absolute Gasteiger partial charge is 0.497 e. The molecule has 0 aliphatic carbocycles. The minimum absolute atomic E-state index is 0.0129. The van der Waals surface area contributed by atoms with Gasteiger partial charge in [-0.05, 0) is 60.0 Å². The molecule has 0 N–H and O–H groups in total.